The fourth-order valence-corrected chi connectivity index (χ4v) is 2.86. The second-order valence-electron chi connectivity index (χ2n) is 5.56. The van der Waals surface area contributed by atoms with E-state index in [1.807, 2.05) is 22.9 Å². The van der Waals surface area contributed by atoms with Gasteiger partial charge in [0.2, 0.25) is 5.88 Å². The van der Waals surface area contributed by atoms with Crippen molar-refractivity contribution in [1.29, 1.82) is 5.26 Å². The predicted octanol–water partition coefficient (Wildman–Crippen LogP) is 3.66. The topological polar surface area (TPSA) is 76.6 Å². The molecule has 0 spiro atoms. The van der Waals surface area contributed by atoms with E-state index in [-0.39, 0.29) is 0 Å². The fraction of sp³-hybridized carbons (Fsp3) is 0.250. The Bertz CT molecular complexity index is 909. The van der Waals surface area contributed by atoms with Crippen LogP contribution < -0.4 is 4.74 Å². The lowest BCUT2D eigenvalue weighted by Crippen LogP contribution is -2.01. The quantitative estimate of drug-likeness (QED) is 0.701. The van der Waals surface area contributed by atoms with Gasteiger partial charge in [0.25, 0.3) is 0 Å². The minimum Gasteiger partial charge on any atom is -0.438 e. The van der Waals surface area contributed by atoms with Gasteiger partial charge in [-0.3, -0.25) is 0 Å². The van der Waals surface area contributed by atoms with Crippen LogP contribution in [0.3, 0.4) is 0 Å². The first-order valence-corrected chi connectivity index (χ1v) is 8.09. The van der Waals surface area contributed by atoms with Crippen molar-refractivity contribution < 1.29 is 4.74 Å². The first-order chi connectivity index (χ1) is 11.2. The van der Waals surface area contributed by atoms with Crippen LogP contribution in [-0.2, 0) is 6.54 Å². The summed E-state index contributed by atoms with van der Waals surface area (Å²) in [7, 11) is 0. The summed E-state index contributed by atoms with van der Waals surface area (Å²) >= 11 is 3.54. The van der Waals surface area contributed by atoms with Gasteiger partial charge in [0.15, 0.2) is 0 Å². The number of halogens is 1. The summed E-state index contributed by atoms with van der Waals surface area (Å²) in [6.07, 6.45) is 4.02. The number of nitriles is 1. The number of ether oxygens (including phenoxy) is 1. The molecule has 0 saturated heterocycles. The van der Waals surface area contributed by atoms with E-state index in [0.29, 0.717) is 17.2 Å². The molecule has 1 aliphatic rings. The maximum absolute atomic E-state index is 8.79. The number of rotatable bonds is 4. The molecule has 23 heavy (non-hydrogen) atoms. The molecule has 0 N–H and O–H groups in total. The molecule has 0 aliphatic heterocycles. The van der Waals surface area contributed by atoms with Gasteiger partial charge < -0.3 is 4.74 Å². The zero-order valence-corrected chi connectivity index (χ0v) is 13.7. The van der Waals surface area contributed by atoms with Crippen LogP contribution >= 0.6 is 15.9 Å². The molecule has 4 rings (SSSR count). The smallest absolute Gasteiger partial charge is 0.219 e. The molecule has 3 aromatic rings. The van der Waals surface area contributed by atoms with Crippen molar-refractivity contribution >= 4 is 27.0 Å². The van der Waals surface area contributed by atoms with Crippen molar-refractivity contribution in [3.8, 4) is 17.7 Å². The highest BCUT2D eigenvalue weighted by atomic mass is 79.9. The third-order valence-corrected chi connectivity index (χ3v) is 4.56. The SMILES string of the molecule is N#Cc1ccc(Oc2ccc3c(nnn3CC3CC3)c2Br)nc1. The summed E-state index contributed by atoms with van der Waals surface area (Å²) in [5, 5.41) is 17.3. The highest BCUT2D eigenvalue weighted by Crippen LogP contribution is 2.36. The predicted molar refractivity (Wildman–Crippen MR) is 87.0 cm³/mol. The number of hydrogen-bond donors (Lipinski definition) is 0. The average Bonchev–Trinajstić information content (AvgIpc) is 3.30. The standard InChI is InChI=1S/C16H12BrN5O/c17-15-13(23-14-6-3-11(7-18)8-19-14)5-4-12-16(15)20-21-22(12)9-10-1-2-10/h3-6,8,10H,1-2,9H2. The average molecular weight is 370 g/mol. The fourth-order valence-electron chi connectivity index (χ4n) is 2.36. The molecule has 1 fully saturated rings. The lowest BCUT2D eigenvalue weighted by Gasteiger charge is -2.07. The van der Waals surface area contributed by atoms with Crippen LogP contribution in [0.15, 0.2) is 34.9 Å². The van der Waals surface area contributed by atoms with Gasteiger partial charge in [-0.2, -0.15) is 5.26 Å². The van der Waals surface area contributed by atoms with Crippen molar-refractivity contribution in [2.45, 2.75) is 19.4 Å². The molecule has 0 bridgehead atoms. The summed E-state index contributed by atoms with van der Waals surface area (Å²) < 4.78 is 8.47. The molecule has 0 atom stereocenters. The minimum atomic E-state index is 0.425. The number of fused-ring (bicyclic) bond motifs is 1. The Morgan fingerprint density at radius 3 is 2.87 bits per heavy atom. The lowest BCUT2D eigenvalue weighted by atomic mass is 10.3. The Kier molecular flexibility index (Phi) is 3.46. The molecule has 0 unspecified atom stereocenters. The maximum atomic E-state index is 8.79. The van der Waals surface area contributed by atoms with Crippen molar-refractivity contribution in [1.82, 2.24) is 20.0 Å². The molecule has 2 aromatic heterocycles. The van der Waals surface area contributed by atoms with Gasteiger partial charge in [-0.1, -0.05) is 5.21 Å². The molecule has 114 valence electrons. The molecule has 1 aliphatic carbocycles. The van der Waals surface area contributed by atoms with E-state index >= 15 is 0 Å². The van der Waals surface area contributed by atoms with Gasteiger partial charge in [0, 0.05) is 18.8 Å². The highest BCUT2D eigenvalue weighted by molar-refractivity contribution is 9.10. The molecule has 7 heteroatoms. The Balaban J connectivity index is 1.64. The minimum absolute atomic E-state index is 0.425. The molecule has 0 radical (unpaired) electrons. The van der Waals surface area contributed by atoms with Crippen LogP contribution in [0.1, 0.15) is 18.4 Å². The molecule has 1 aromatic carbocycles. The zero-order chi connectivity index (χ0) is 15.8. The summed E-state index contributed by atoms with van der Waals surface area (Å²) in [4.78, 5) is 4.11. The Hall–Kier alpha value is -2.46. The van der Waals surface area contributed by atoms with Crippen molar-refractivity contribution in [2.24, 2.45) is 5.92 Å². The normalized spacial score (nSPS) is 13.9. The van der Waals surface area contributed by atoms with E-state index in [4.69, 9.17) is 10.00 Å². The molecule has 0 amide bonds. The van der Waals surface area contributed by atoms with Crippen molar-refractivity contribution in [3.05, 3.63) is 40.5 Å². The summed E-state index contributed by atoms with van der Waals surface area (Å²) in [5.41, 5.74) is 2.26. The molecular formula is C16H12BrN5O. The van der Waals surface area contributed by atoms with Gasteiger partial charge in [-0.25, -0.2) is 9.67 Å². The van der Waals surface area contributed by atoms with Gasteiger partial charge in [0.1, 0.15) is 17.3 Å². The number of nitrogens with zero attached hydrogens (tertiary/aromatic N) is 5. The number of pyridine rings is 1. The van der Waals surface area contributed by atoms with Gasteiger partial charge >= 0.3 is 0 Å². The van der Waals surface area contributed by atoms with Crippen LogP contribution in [0, 0.1) is 17.2 Å². The third kappa shape index (κ3) is 2.78. The van der Waals surface area contributed by atoms with E-state index < -0.39 is 0 Å². The summed E-state index contributed by atoms with van der Waals surface area (Å²) in [6.45, 7) is 0.917. The van der Waals surface area contributed by atoms with Crippen LogP contribution in [-0.4, -0.2) is 20.0 Å². The van der Waals surface area contributed by atoms with Crippen molar-refractivity contribution in [2.75, 3.05) is 0 Å². The van der Waals surface area contributed by atoms with E-state index in [2.05, 4.69) is 31.2 Å². The summed E-state index contributed by atoms with van der Waals surface area (Å²) in [5.74, 6) is 1.78. The van der Waals surface area contributed by atoms with E-state index in [1.54, 1.807) is 12.1 Å². The van der Waals surface area contributed by atoms with Crippen LogP contribution in [0.5, 0.6) is 11.6 Å². The molecule has 1 saturated carbocycles. The molecular weight excluding hydrogens is 358 g/mol. The van der Waals surface area contributed by atoms with Gasteiger partial charge in [0.05, 0.1) is 15.6 Å². The van der Waals surface area contributed by atoms with E-state index in [0.717, 1.165) is 28.0 Å². The first kappa shape index (κ1) is 14.2. The number of aromatic nitrogens is 4. The monoisotopic (exact) mass is 369 g/mol. The Morgan fingerprint density at radius 2 is 2.17 bits per heavy atom. The lowest BCUT2D eigenvalue weighted by molar-refractivity contribution is 0.461. The highest BCUT2D eigenvalue weighted by Gasteiger charge is 2.23. The summed E-state index contributed by atoms with van der Waals surface area (Å²) in [6, 6.07) is 9.20. The van der Waals surface area contributed by atoms with Crippen LogP contribution in [0.25, 0.3) is 11.0 Å². The zero-order valence-electron chi connectivity index (χ0n) is 12.1. The van der Waals surface area contributed by atoms with E-state index in [1.165, 1.54) is 19.0 Å². The number of hydrogen-bond acceptors (Lipinski definition) is 5. The molecule has 6 nitrogen and oxygen atoms in total. The van der Waals surface area contributed by atoms with Crippen LogP contribution in [0.2, 0.25) is 0 Å². The van der Waals surface area contributed by atoms with Gasteiger partial charge in [-0.05, 0) is 52.9 Å². The Morgan fingerprint density at radius 1 is 1.30 bits per heavy atom. The Labute approximate surface area is 140 Å². The largest absolute Gasteiger partial charge is 0.438 e. The van der Waals surface area contributed by atoms with Crippen LogP contribution in [0.4, 0.5) is 0 Å². The second kappa shape index (κ2) is 5.63. The first-order valence-electron chi connectivity index (χ1n) is 7.30. The molecule has 2 heterocycles. The van der Waals surface area contributed by atoms with Gasteiger partial charge in [-0.15, -0.1) is 5.10 Å². The maximum Gasteiger partial charge on any atom is 0.219 e. The second-order valence-corrected chi connectivity index (χ2v) is 6.35. The van der Waals surface area contributed by atoms with E-state index in [9.17, 15) is 0 Å². The number of benzene rings is 1. The van der Waals surface area contributed by atoms with Crippen molar-refractivity contribution in [3.63, 3.8) is 0 Å². The third-order valence-electron chi connectivity index (χ3n) is 3.80.